The van der Waals surface area contributed by atoms with Crippen LogP contribution in [0, 0.1) is 5.92 Å². The van der Waals surface area contributed by atoms with E-state index in [0.29, 0.717) is 6.54 Å². The van der Waals surface area contributed by atoms with Crippen molar-refractivity contribution in [1.29, 1.82) is 0 Å². The number of methoxy groups -OCH3 is 2. The van der Waals surface area contributed by atoms with Crippen molar-refractivity contribution < 1.29 is 14.3 Å². The van der Waals surface area contributed by atoms with Crippen LogP contribution in [0.15, 0.2) is 24.3 Å². The maximum absolute atomic E-state index is 11.3. The molecule has 0 aromatic heterocycles. The van der Waals surface area contributed by atoms with Crippen LogP contribution in [-0.4, -0.2) is 26.7 Å². The molecule has 0 heterocycles. The van der Waals surface area contributed by atoms with Gasteiger partial charge in [0.05, 0.1) is 20.1 Å². The maximum atomic E-state index is 11.3. The molecule has 4 heteroatoms. The zero-order valence-corrected chi connectivity index (χ0v) is 11.4. The van der Waals surface area contributed by atoms with Crippen molar-refractivity contribution in [2.45, 2.75) is 19.9 Å². The zero-order valence-electron chi connectivity index (χ0n) is 11.4. The Labute approximate surface area is 108 Å². The van der Waals surface area contributed by atoms with Gasteiger partial charge >= 0.3 is 5.97 Å². The van der Waals surface area contributed by atoms with E-state index in [-0.39, 0.29) is 17.9 Å². The Morgan fingerprint density at radius 2 is 1.83 bits per heavy atom. The van der Waals surface area contributed by atoms with Gasteiger partial charge in [0.1, 0.15) is 5.75 Å². The number of hydrogen-bond acceptors (Lipinski definition) is 4. The summed E-state index contributed by atoms with van der Waals surface area (Å²) in [6.45, 7) is 4.51. The summed E-state index contributed by atoms with van der Waals surface area (Å²) in [6, 6.07) is 8.07. The van der Waals surface area contributed by atoms with E-state index >= 15 is 0 Å². The highest BCUT2D eigenvalue weighted by atomic mass is 16.5. The molecular formula is C14H21NO3. The van der Waals surface area contributed by atoms with Gasteiger partial charge < -0.3 is 14.8 Å². The lowest BCUT2D eigenvalue weighted by Crippen LogP contribution is -2.29. The van der Waals surface area contributed by atoms with Crippen LogP contribution < -0.4 is 10.1 Å². The molecule has 0 radical (unpaired) electrons. The van der Waals surface area contributed by atoms with Gasteiger partial charge in [-0.1, -0.05) is 19.1 Å². The normalized spacial score (nSPS) is 13.8. The van der Waals surface area contributed by atoms with Crippen LogP contribution in [0.2, 0.25) is 0 Å². The van der Waals surface area contributed by atoms with Gasteiger partial charge in [-0.2, -0.15) is 0 Å². The van der Waals surface area contributed by atoms with E-state index < -0.39 is 0 Å². The van der Waals surface area contributed by atoms with E-state index in [0.717, 1.165) is 11.3 Å². The summed E-state index contributed by atoms with van der Waals surface area (Å²) >= 11 is 0. The van der Waals surface area contributed by atoms with Crippen molar-refractivity contribution in [1.82, 2.24) is 5.32 Å². The average Bonchev–Trinajstić information content (AvgIpc) is 2.43. The standard InChI is InChI=1S/C14H21NO3/c1-10(14(16)18-4)9-15-11(2)12-5-7-13(17-3)8-6-12/h5-8,10-11,15H,9H2,1-4H3/t10?,11-/m1/s1. The van der Waals surface area contributed by atoms with Crippen molar-refractivity contribution in [2.75, 3.05) is 20.8 Å². The molecule has 100 valence electrons. The first-order valence-electron chi connectivity index (χ1n) is 6.03. The Morgan fingerprint density at radius 3 is 2.33 bits per heavy atom. The first-order valence-corrected chi connectivity index (χ1v) is 6.03. The summed E-state index contributed by atoms with van der Waals surface area (Å²) in [6.07, 6.45) is 0. The molecule has 0 aliphatic heterocycles. The number of rotatable bonds is 6. The number of carbonyl (C=O) groups is 1. The second-order valence-corrected chi connectivity index (χ2v) is 4.33. The molecule has 0 saturated heterocycles. The lowest BCUT2D eigenvalue weighted by atomic mass is 10.1. The number of benzene rings is 1. The summed E-state index contributed by atoms with van der Waals surface area (Å²) in [7, 11) is 3.06. The summed E-state index contributed by atoms with van der Waals surface area (Å²) in [5.74, 6) is 0.508. The summed E-state index contributed by atoms with van der Waals surface area (Å²) < 4.78 is 9.80. The van der Waals surface area contributed by atoms with Crippen molar-refractivity contribution in [3.63, 3.8) is 0 Å². The van der Waals surface area contributed by atoms with E-state index in [1.54, 1.807) is 7.11 Å². The summed E-state index contributed by atoms with van der Waals surface area (Å²) in [5, 5.41) is 3.31. The lowest BCUT2D eigenvalue weighted by Gasteiger charge is -2.17. The topological polar surface area (TPSA) is 47.6 Å². The van der Waals surface area contributed by atoms with Crippen LogP contribution in [0.3, 0.4) is 0 Å². The highest BCUT2D eigenvalue weighted by Crippen LogP contribution is 2.17. The van der Waals surface area contributed by atoms with Crippen LogP contribution >= 0.6 is 0 Å². The number of ether oxygens (including phenoxy) is 2. The van der Waals surface area contributed by atoms with Gasteiger partial charge in [-0.25, -0.2) is 0 Å². The molecule has 0 saturated carbocycles. The average molecular weight is 251 g/mol. The third-order valence-electron chi connectivity index (χ3n) is 2.95. The molecule has 4 nitrogen and oxygen atoms in total. The zero-order chi connectivity index (χ0) is 13.5. The Kier molecular flexibility index (Phi) is 5.65. The van der Waals surface area contributed by atoms with Crippen LogP contribution in [0.5, 0.6) is 5.75 Å². The van der Waals surface area contributed by atoms with E-state index in [2.05, 4.69) is 17.0 Å². The van der Waals surface area contributed by atoms with Crippen molar-refractivity contribution >= 4 is 5.97 Å². The summed E-state index contributed by atoms with van der Waals surface area (Å²) in [4.78, 5) is 11.3. The molecule has 0 aliphatic carbocycles. The first-order chi connectivity index (χ1) is 8.58. The van der Waals surface area contributed by atoms with Gasteiger partial charge in [0.15, 0.2) is 0 Å². The van der Waals surface area contributed by atoms with Gasteiger partial charge in [-0.15, -0.1) is 0 Å². The summed E-state index contributed by atoms with van der Waals surface area (Å²) in [5.41, 5.74) is 1.16. The van der Waals surface area contributed by atoms with E-state index in [9.17, 15) is 4.79 Å². The second-order valence-electron chi connectivity index (χ2n) is 4.33. The predicted octanol–water partition coefficient (Wildman–Crippen LogP) is 2.15. The molecule has 1 rings (SSSR count). The number of hydrogen-bond donors (Lipinski definition) is 1. The second kappa shape index (κ2) is 7.01. The fraction of sp³-hybridized carbons (Fsp3) is 0.500. The Morgan fingerprint density at radius 1 is 1.22 bits per heavy atom. The minimum Gasteiger partial charge on any atom is -0.497 e. The van der Waals surface area contributed by atoms with Crippen LogP contribution in [0.1, 0.15) is 25.5 Å². The minimum atomic E-state index is -0.190. The number of carbonyl (C=O) groups excluding carboxylic acids is 1. The molecule has 0 spiro atoms. The van der Waals surface area contributed by atoms with E-state index in [1.807, 2.05) is 31.2 Å². The lowest BCUT2D eigenvalue weighted by molar-refractivity contribution is -0.144. The van der Waals surface area contributed by atoms with Crippen LogP contribution in [-0.2, 0) is 9.53 Å². The number of esters is 1. The molecule has 1 aromatic rings. The molecule has 1 N–H and O–H groups in total. The third kappa shape index (κ3) is 4.04. The largest absolute Gasteiger partial charge is 0.497 e. The molecule has 0 fully saturated rings. The molecule has 0 amide bonds. The Hall–Kier alpha value is -1.55. The molecule has 18 heavy (non-hydrogen) atoms. The molecular weight excluding hydrogens is 230 g/mol. The fourth-order valence-electron chi connectivity index (χ4n) is 1.65. The molecule has 1 unspecified atom stereocenters. The smallest absolute Gasteiger partial charge is 0.309 e. The molecule has 0 bridgehead atoms. The third-order valence-corrected chi connectivity index (χ3v) is 2.95. The van der Waals surface area contributed by atoms with E-state index in [1.165, 1.54) is 7.11 Å². The molecule has 2 atom stereocenters. The predicted molar refractivity (Wildman–Crippen MR) is 70.6 cm³/mol. The SMILES string of the molecule is COC(=O)C(C)CN[C@H](C)c1ccc(OC)cc1. The van der Waals surface area contributed by atoms with Gasteiger partial charge in [0.25, 0.3) is 0 Å². The highest BCUT2D eigenvalue weighted by molar-refractivity contribution is 5.72. The fourth-order valence-corrected chi connectivity index (χ4v) is 1.65. The van der Waals surface area contributed by atoms with E-state index in [4.69, 9.17) is 4.74 Å². The van der Waals surface area contributed by atoms with Crippen LogP contribution in [0.4, 0.5) is 0 Å². The molecule has 1 aromatic carbocycles. The van der Waals surface area contributed by atoms with Crippen molar-refractivity contribution in [3.8, 4) is 5.75 Å². The van der Waals surface area contributed by atoms with Crippen molar-refractivity contribution in [2.24, 2.45) is 5.92 Å². The van der Waals surface area contributed by atoms with Gasteiger partial charge in [0.2, 0.25) is 0 Å². The minimum absolute atomic E-state index is 0.143. The Bertz CT molecular complexity index is 375. The van der Waals surface area contributed by atoms with Gasteiger partial charge in [-0.3, -0.25) is 4.79 Å². The number of nitrogens with one attached hydrogen (secondary N) is 1. The van der Waals surface area contributed by atoms with Gasteiger partial charge in [-0.05, 0) is 24.6 Å². The highest BCUT2D eigenvalue weighted by Gasteiger charge is 2.14. The first kappa shape index (κ1) is 14.5. The quantitative estimate of drug-likeness (QED) is 0.787. The Balaban J connectivity index is 2.49. The monoisotopic (exact) mass is 251 g/mol. The maximum Gasteiger partial charge on any atom is 0.309 e. The van der Waals surface area contributed by atoms with Crippen molar-refractivity contribution in [3.05, 3.63) is 29.8 Å². The van der Waals surface area contributed by atoms with Crippen LogP contribution in [0.25, 0.3) is 0 Å². The van der Waals surface area contributed by atoms with Gasteiger partial charge in [0, 0.05) is 12.6 Å². The molecule has 0 aliphatic rings.